The van der Waals surface area contributed by atoms with Crippen molar-refractivity contribution in [2.75, 3.05) is 26.4 Å². The summed E-state index contributed by atoms with van der Waals surface area (Å²) in [4.78, 5) is 33.9. The van der Waals surface area contributed by atoms with E-state index in [9.17, 15) is 19.0 Å². The summed E-state index contributed by atoms with van der Waals surface area (Å²) in [6.07, 6.45) is 26.9. The maximum Gasteiger partial charge on any atom is 0.472 e. The molecule has 0 amide bonds. The molecule has 0 aliphatic carbocycles. The van der Waals surface area contributed by atoms with Crippen molar-refractivity contribution in [1.29, 1.82) is 0 Å². The number of nitrogens with two attached hydrogens (primary N) is 1. The Balaban J connectivity index is 3.86. The Morgan fingerprint density at radius 2 is 1.02 bits per heavy atom. The molecule has 2 atom stereocenters. The molecule has 0 aliphatic rings. The van der Waals surface area contributed by atoms with Gasteiger partial charge in [0, 0.05) is 19.4 Å². The number of hydrogen-bond acceptors (Lipinski definition) is 8. The van der Waals surface area contributed by atoms with Crippen LogP contribution in [-0.2, 0) is 32.7 Å². The van der Waals surface area contributed by atoms with E-state index in [4.69, 9.17) is 24.3 Å². The lowest BCUT2D eigenvalue weighted by molar-refractivity contribution is -0.161. The van der Waals surface area contributed by atoms with Gasteiger partial charge in [-0.05, 0) is 12.8 Å². The molecular formula is C33H66NO8P. The molecule has 3 N–H and O–H groups in total. The van der Waals surface area contributed by atoms with Crippen molar-refractivity contribution in [2.24, 2.45) is 5.73 Å². The molecule has 0 heterocycles. The Kier molecular flexibility index (Phi) is 30.3. The number of carbonyl (C=O) groups is 2. The summed E-state index contributed by atoms with van der Waals surface area (Å²) in [5, 5.41) is 0. The van der Waals surface area contributed by atoms with Crippen molar-refractivity contribution in [3.63, 3.8) is 0 Å². The van der Waals surface area contributed by atoms with Gasteiger partial charge in [0.25, 0.3) is 0 Å². The summed E-state index contributed by atoms with van der Waals surface area (Å²) in [5.74, 6) is -0.861. The normalized spacial score (nSPS) is 13.5. The monoisotopic (exact) mass is 635 g/mol. The van der Waals surface area contributed by atoms with Crippen molar-refractivity contribution in [3.8, 4) is 0 Å². The van der Waals surface area contributed by atoms with Crippen LogP contribution in [0, 0.1) is 0 Å². The van der Waals surface area contributed by atoms with E-state index in [1.807, 2.05) is 6.92 Å². The molecule has 0 saturated heterocycles. The van der Waals surface area contributed by atoms with Crippen LogP contribution in [0.15, 0.2) is 0 Å². The van der Waals surface area contributed by atoms with E-state index in [1.54, 1.807) is 0 Å². The molecule has 0 spiro atoms. The Morgan fingerprint density at radius 1 is 0.605 bits per heavy atom. The van der Waals surface area contributed by atoms with Crippen molar-refractivity contribution >= 4 is 19.8 Å². The zero-order chi connectivity index (χ0) is 31.9. The van der Waals surface area contributed by atoms with Crippen LogP contribution in [0.1, 0.15) is 168 Å². The van der Waals surface area contributed by atoms with Crippen LogP contribution < -0.4 is 5.73 Å². The Hall–Kier alpha value is -0.990. The second kappa shape index (κ2) is 31.0. The van der Waals surface area contributed by atoms with E-state index in [1.165, 1.54) is 109 Å². The maximum absolute atomic E-state index is 12.4. The first-order chi connectivity index (χ1) is 20.8. The maximum atomic E-state index is 12.4. The van der Waals surface area contributed by atoms with Gasteiger partial charge in [0.1, 0.15) is 6.61 Å². The predicted octanol–water partition coefficient (Wildman–Crippen LogP) is 8.94. The van der Waals surface area contributed by atoms with Gasteiger partial charge in [-0.3, -0.25) is 18.6 Å². The Morgan fingerprint density at radius 3 is 1.47 bits per heavy atom. The van der Waals surface area contributed by atoms with Gasteiger partial charge in [-0.1, -0.05) is 142 Å². The summed E-state index contributed by atoms with van der Waals surface area (Å²) in [6, 6.07) is 0. The first kappa shape index (κ1) is 42.0. The number of hydrogen-bond donors (Lipinski definition) is 2. The molecule has 0 bridgehead atoms. The van der Waals surface area contributed by atoms with Crippen LogP contribution in [-0.4, -0.2) is 49.3 Å². The number of carbonyl (C=O) groups excluding carboxylic acids is 2. The summed E-state index contributed by atoms with van der Waals surface area (Å²) >= 11 is 0. The van der Waals surface area contributed by atoms with Crippen molar-refractivity contribution < 1.29 is 37.6 Å². The van der Waals surface area contributed by atoms with Gasteiger partial charge in [0.15, 0.2) is 6.10 Å². The quantitative estimate of drug-likeness (QED) is 0.0411. The molecule has 0 aromatic rings. The van der Waals surface area contributed by atoms with Gasteiger partial charge < -0.3 is 20.1 Å². The lowest BCUT2D eigenvalue weighted by Crippen LogP contribution is -2.29. The van der Waals surface area contributed by atoms with Gasteiger partial charge in [-0.25, -0.2) is 4.57 Å². The fraction of sp³-hybridized carbons (Fsp3) is 0.939. The Bertz CT molecular complexity index is 694. The molecule has 2 unspecified atom stereocenters. The van der Waals surface area contributed by atoms with Gasteiger partial charge in [-0.2, -0.15) is 0 Å². The largest absolute Gasteiger partial charge is 0.472 e. The SMILES string of the molecule is CCCCCCCCCCCCCCCCCCCCCCC(=O)OC(COC(=O)CCCC)COP(=O)(O)OCCN. The topological polar surface area (TPSA) is 134 Å². The highest BCUT2D eigenvalue weighted by Crippen LogP contribution is 2.43. The highest BCUT2D eigenvalue weighted by Gasteiger charge is 2.25. The molecule has 0 saturated carbocycles. The molecule has 0 aliphatic heterocycles. The highest BCUT2D eigenvalue weighted by molar-refractivity contribution is 7.47. The van der Waals surface area contributed by atoms with Crippen molar-refractivity contribution in [2.45, 2.75) is 174 Å². The average molecular weight is 636 g/mol. The molecule has 9 nitrogen and oxygen atoms in total. The lowest BCUT2D eigenvalue weighted by Gasteiger charge is -2.19. The van der Waals surface area contributed by atoms with E-state index in [-0.39, 0.29) is 32.6 Å². The lowest BCUT2D eigenvalue weighted by atomic mass is 10.0. The van der Waals surface area contributed by atoms with Crippen molar-refractivity contribution in [3.05, 3.63) is 0 Å². The highest BCUT2D eigenvalue weighted by atomic mass is 31.2. The van der Waals surface area contributed by atoms with E-state index < -0.39 is 32.5 Å². The summed E-state index contributed by atoms with van der Waals surface area (Å²) in [5.41, 5.74) is 5.28. The van der Waals surface area contributed by atoms with Crippen LogP contribution in [0.25, 0.3) is 0 Å². The minimum atomic E-state index is -4.34. The minimum absolute atomic E-state index is 0.0564. The average Bonchev–Trinajstić information content (AvgIpc) is 2.99. The van der Waals surface area contributed by atoms with Gasteiger partial charge in [0.05, 0.1) is 13.2 Å². The van der Waals surface area contributed by atoms with E-state index >= 15 is 0 Å². The smallest absolute Gasteiger partial charge is 0.462 e. The first-order valence-corrected chi connectivity index (χ1v) is 19.0. The molecule has 0 radical (unpaired) electrons. The molecule has 0 aromatic carbocycles. The number of unbranched alkanes of at least 4 members (excludes halogenated alkanes) is 20. The van der Waals surface area contributed by atoms with Crippen molar-refractivity contribution in [1.82, 2.24) is 0 Å². The number of esters is 2. The van der Waals surface area contributed by atoms with E-state index in [0.29, 0.717) is 12.8 Å². The van der Waals surface area contributed by atoms with Crippen LogP contribution in [0.4, 0.5) is 0 Å². The number of phosphoric acid groups is 1. The first-order valence-electron chi connectivity index (χ1n) is 17.5. The molecule has 43 heavy (non-hydrogen) atoms. The summed E-state index contributed by atoms with van der Waals surface area (Å²) in [6.45, 7) is 3.47. The van der Waals surface area contributed by atoms with Crippen LogP contribution >= 0.6 is 7.82 Å². The van der Waals surface area contributed by atoms with Gasteiger partial charge in [0.2, 0.25) is 0 Å². The third kappa shape index (κ3) is 30.8. The summed E-state index contributed by atoms with van der Waals surface area (Å²) in [7, 11) is -4.34. The fourth-order valence-corrected chi connectivity index (χ4v) is 5.61. The van der Waals surface area contributed by atoms with Gasteiger partial charge >= 0.3 is 19.8 Å². The minimum Gasteiger partial charge on any atom is -0.462 e. The third-order valence-electron chi connectivity index (χ3n) is 7.49. The number of phosphoric ester groups is 1. The van der Waals surface area contributed by atoms with Crippen LogP contribution in [0.2, 0.25) is 0 Å². The fourth-order valence-electron chi connectivity index (χ4n) is 4.85. The number of ether oxygens (including phenoxy) is 2. The van der Waals surface area contributed by atoms with E-state index in [0.717, 1.165) is 19.3 Å². The van der Waals surface area contributed by atoms with Gasteiger partial charge in [-0.15, -0.1) is 0 Å². The third-order valence-corrected chi connectivity index (χ3v) is 8.48. The van der Waals surface area contributed by atoms with E-state index in [2.05, 4.69) is 6.92 Å². The second-order valence-electron chi connectivity index (χ2n) is 11.8. The zero-order valence-electron chi connectivity index (χ0n) is 27.7. The molecule has 0 aromatic heterocycles. The molecule has 10 heteroatoms. The van der Waals surface area contributed by atoms with Crippen LogP contribution in [0.3, 0.4) is 0 Å². The second-order valence-corrected chi connectivity index (χ2v) is 13.2. The Labute approximate surface area is 263 Å². The molecular weight excluding hydrogens is 569 g/mol. The standard InChI is InChI=1S/C33H66NO8P/c1-3-5-7-8-9-10-11-12-13-14-15-16-17-18-19-20-21-22-23-24-26-33(36)42-31(29-39-32(35)25-6-4-2)30-41-43(37,38)40-28-27-34/h31H,3-30,34H2,1-2H3,(H,37,38). The number of rotatable bonds is 33. The molecule has 0 fully saturated rings. The molecule has 256 valence electrons. The summed E-state index contributed by atoms with van der Waals surface area (Å²) < 4.78 is 32.1. The molecule has 0 rings (SSSR count). The predicted molar refractivity (Wildman–Crippen MR) is 174 cm³/mol. The van der Waals surface area contributed by atoms with Crippen LogP contribution in [0.5, 0.6) is 0 Å². The zero-order valence-corrected chi connectivity index (χ0v) is 28.6.